The Morgan fingerprint density at radius 2 is 1.56 bits per heavy atom. The minimum Gasteiger partial charge on any atom is -0.236 e. The van der Waals surface area contributed by atoms with Crippen LogP contribution >= 0.6 is 23.2 Å². The Morgan fingerprint density at radius 1 is 0.833 bits per heavy atom. The Hall–Kier alpha value is -1.64. The van der Waals surface area contributed by atoms with Crippen LogP contribution in [0.1, 0.15) is 0 Å². The molecule has 0 fully saturated rings. The van der Waals surface area contributed by atoms with Crippen molar-refractivity contribution in [1.82, 2.24) is 9.97 Å². The number of fused-ring (bicyclic) bond motifs is 1. The molecule has 0 saturated heterocycles. The third-order valence-electron chi connectivity index (χ3n) is 2.65. The predicted molar refractivity (Wildman–Crippen MR) is 75.0 cm³/mol. The summed E-state index contributed by atoms with van der Waals surface area (Å²) in [5.74, 6) is 0.668. The van der Waals surface area contributed by atoms with Crippen LogP contribution in [0.25, 0.3) is 22.3 Å². The van der Waals surface area contributed by atoms with Crippen molar-refractivity contribution in [2.45, 2.75) is 0 Å². The van der Waals surface area contributed by atoms with Crippen LogP contribution in [0.2, 0.25) is 10.0 Å². The fourth-order valence-corrected chi connectivity index (χ4v) is 2.03. The first kappa shape index (κ1) is 11.5. The van der Waals surface area contributed by atoms with E-state index in [2.05, 4.69) is 9.97 Å². The minimum absolute atomic E-state index is 0.668. The molecule has 2 aromatic carbocycles. The van der Waals surface area contributed by atoms with Gasteiger partial charge in [-0.3, -0.25) is 0 Å². The molecule has 4 heteroatoms. The van der Waals surface area contributed by atoms with Crippen molar-refractivity contribution >= 4 is 34.1 Å². The van der Waals surface area contributed by atoms with E-state index < -0.39 is 0 Å². The van der Waals surface area contributed by atoms with Crippen LogP contribution in [-0.4, -0.2) is 9.97 Å². The molecule has 0 atom stereocenters. The van der Waals surface area contributed by atoms with Crippen molar-refractivity contribution in [1.29, 1.82) is 0 Å². The van der Waals surface area contributed by atoms with E-state index in [-0.39, 0.29) is 0 Å². The van der Waals surface area contributed by atoms with Crippen LogP contribution < -0.4 is 0 Å². The van der Waals surface area contributed by atoms with Crippen LogP contribution in [0.5, 0.6) is 0 Å². The van der Waals surface area contributed by atoms with Gasteiger partial charge in [-0.05, 0) is 42.5 Å². The topological polar surface area (TPSA) is 25.8 Å². The fourth-order valence-electron chi connectivity index (χ4n) is 1.73. The molecule has 1 heterocycles. The van der Waals surface area contributed by atoms with Gasteiger partial charge in [0.15, 0.2) is 5.82 Å². The van der Waals surface area contributed by atoms with Crippen molar-refractivity contribution in [2.24, 2.45) is 0 Å². The SMILES string of the molecule is Clc1ccc(-c2ncc3ccc(Cl)cc3n2)cc1. The van der Waals surface area contributed by atoms with Gasteiger partial charge in [0, 0.05) is 27.2 Å². The molecular weight excluding hydrogens is 267 g/mol. The minimum atomic E-state index is 0.668. The Labute approximate surface area is 114 Å². The maximum atomic E-state index is 5.96. The van der Waals surface area contributed by atoms with Gasteiger partial charge in [-0.15, -0.1) is 0 Å². The molecule has 0 aliphatic heterocycles. The summed E-state index contributed by atoms with van der Waals surface area (Å²) in [7, 11) is 0. The molecule has 3 aromatic rings. The molecule has 88 valence electrons. The molecule has 0 N–H and O–H groups in total. The van der Waals surface area contributed by atoms with Gasteiger partial charge in [-0.2, -0.15) is 0 Å². The summed E-state index contributed by atoms with van der Waals surface area (Å²) in [6.07, 6.45) is 1.79. The standard InChI is InChI=1S/C14H8Cl2N2/c15-11-4-1-9(2-5-11)14-17-8-10-3-6-12(16)7-13(10)18-14/h1-8H. The van der Waals surface area contributed by atoms with E-state index in [0.29, 0.717) is 15.9 Å². The lowest BCUT2D eigenvalue weighted by Gasteiger charge is -2.02. The van der Waals surface area contributed by atoms with Gasteiger partial charge in [-0.1, -0.05) is 23.2 Å². The summed E-state index contributed by atoms with van der Waals surface area (Å²) in [5.41, 5.74) is 1.77. The number of nitrogens with zero attached hydrogens (tertiary/aromatic N) is 2. The molecule has 2 nitrogen and oxygen atoms in total. The molecule has 0 amide bonds. The second kappa shape index (κ2) is 4.56. The van der Waals surface area contributed by atoms with Crippen molar-refractivity contribution in [2.75, 3.05) is 0 Å². The largest absolute Gasteiger partial charge is 0.236 e. The van der Waals surface area contributed by atoms with E-state index in [4.69, 9.17) is 23.2 Å². The molecule has 0 unspecified atom stereocenters. The van der Waals surface area contributed by atoms with E-state index in [1.807, 2.05) is 42.5 Å². The zero-order valence-electron chi connectivity index (χ0n) is 9.27. The summed E-state index contributed by atoms with van der Waals surface area (Å²) >= 11 is 11.8. The first-order valence-electron chi connectivity index (χ1n) is 5.41. The summed E-state index contributed by atoms with van der Waals surface area (Å²) in [5, 5.41) is 2.34. The quantitative estimate of drug-likeness (QED) is 0.648. The Morgan fingerprint density at radius 3 is 2.33 bits per heavy atom. The third-order valence-corrected chi connectivity index (χ3v) is 3.13. The summed E-state index contributed by atoms with van der Waals surface area (Å²) in [6, 6.07) is 13.0. The molecule has 0 aliphatic rings. The molecule has 0 aliphatic carbocycles. The Balaban J connectivity index is 2.15. The average molecular weight is 275 g/mol. The summed E-state index contributed by atoms with van der Waals surface area (Å²) < 4.78 is 0. The molecule has 0 bridgehead atoms. The highest BCUT2D eigenvalue weighted by Gasteiger charge is 2.03. The molecule has 1 aromatic heterocycles. The molecule has 18 heavy (non-hydrogen) atoms. The van der Waals surface area contributed by atoms with Gasteiger partial charge in [0.25, 0.3) is 0 Å². The zero-order chi connectivity index (χ0) is 12.5. The summed E-state index contributed by atoms with van der Waals surface area (Å²) in [6.45, 7) is 0. The second-order valence-electron chi connectivity index (χ2n) is 3.90. The molecule has 0 radical (unpaired) electrons. The smallest absolute Gasteiger partial charge is 0.159 e. The van der Waals surface area contributed by atoms with Crippen molar-refractivity contribution in [3.8, 4) is 11.4 Å². The maximum Gasteiger partial charge on any atom is 0.159 e. The maximum absolute atomic E-state index is 5.96. The zero-order valence-corrected chi connectivity index (χ0v) is 10.8. The molecular formula is C14H8Cl2N2. The van der Waals surface area contributed by atoms with Crippen LogP contribution in [-0.2, 0) is 0 Å². The van der Waals surface area contributed by atoms with Crippen LogP contribution in [0.15, 0.2) is 48.7 Å². The number of rotatable bonds is 1. The first-order chi connectivity index (χ1) is 8.72. The lowest BCUT2D eigenvalue weighted by molar-refractivity contribution is 1.23. The Bertz CT molecular complexity index is 709. The van der Waals surface area contributed by atoms with Crippen molar-refractivity contribution < 1.29 is 0 Å². The predicted octanol–water partition coefficient (Wildman–Crippen LogP) is 4.60. The third kappa shape index (κ3) is 2.17. The van der Waals surface area contributed by atoms with Crippen LogP contribution in [0.3, 0.4) is 0 Å². The lowest BCUT2D eigenvalue weighted by atomic mass is 10.2. The number of hydrogen-bond acceptors (Lipinski definition) is 2. The van der Waals surface area contributed by atoms with Crippen LogP contribution in [0, 0.1) is 0 Å². The van der Waals surface area contributed by atoms with Gasteiger partial charge in [0.05, 0.1) is 5.52 Å². The van der Waals surface area contributed by atoms with E-state index in [1.165, 1.54) is 0 Å². The van der Waals surface area contributed by atoms with E-state index >= 15 is 0 Å². The van der Waals surface area contributed by atoms with E-state index in [9.17, 15) is 0 Å². The normalized spacial score (nSPS) is 10.8. The van der Waals surface area contributed by atoms with Crippen LogP contribution in [0.4, 0.5) is 0 Å². The molecule has 0 spiro atoms. The number of benzene rings is 2. The van der Waals surface area contributed by atoms with E-state index in [0.717, 1.165) is 16.5 Å². The average Bonchev–Trinajstić information content (AvgIpc) is 2.38. The van der Waals surface area contributed by atoms with Gasteiger partial charge >= 0.3 is 0 Å². The first-order valence-corrected chi connectivity index (χ1v) is 6.16. The van der Waals surface area contributed by atoms with E-state index in [1.54, 1.807) is 6.20 Å². The highest BCUT2D eigenvalue weighted by molar-refractivity contribution is 6.31. The monoisotopic (exact) mass is 274 g/mol. The van der Waals surface area contributed by atoms with Crippen molar-refractivity contribution in [3.63, 3.8) is 0 Å². The number of hydrogen-bond donors (Lipinski definition) is 0. The second-order valence-corrected chi connectivity index (χ2v) is 4.78. The Kier molecular flexibility index (Phi) is 2.90. The molecule has 3 rings (SSSR count). The lowest BCUT2D eigenvalue weighted by Crippen LogP contribution is -1.89. The fraction of sp³-hybridized carbons (Fsp3) is 0. The van der Waals surface area contributed by atoms with Gasteiger partial charge in [-0.25, -0.2) is 9.97 Å². The summed E-state index contributed by atoms with van der Waals surface area (Å²) in [4.78, 5) is 8.84. The highest BCUT2D eigenvalue weighted by atomic mass is 35.5. The number of halogens is 2. The van der Waals surface area contributed by atoms with Gasteiger partial charge in [0.1, 0.15) is 0 Å². The van der Waals surface area contributed by atoms with Crippen molar-refractivity contribution in [3.05, 3.63) is 58.7 Å². The van der Waals surface area contributed by atoms with Gasteiger partial charge < -0.3 is 0 Å². The molecule has 0 saturated carbocycles. The van der Waals surface area contributed by atoms with Gasteiger partial charge in [0.2, 0.25) is 0 Å². The highest BCUT2D eigenvalue weighted by Crippen LogP contribution is 2.22. The number of aromatic nitrogens is 2.